The fraction of sp³-hybridized carbons (Fsp3) is 0.0471. The third kappa shape index (κ3) is 8.95. The normalized spacial score (nSPS) is 11.7. The third-order valence-electron chi connectivity index (χ3n) is 18.8. The third-order valence-corrected chi connectivity index (χ3v) is 18.8. The molecule has 9 heteroatoms. The van der Waals surface area contributed by atoms with Crippen LogP contribution in [0.4, 0.5) is 0 Å². The Morgan fingerprint density at radius 3 is 1.36 bits per heavy atom. The number of aryl methyl sites for hydroxylation is 4. The molecule has 0 saturated heterocycles. The largest absolute Gasteiger partial charge is 3.00 e. The smallest absolute Gasteiger partial charge is 0.339 e. The summed E-state index contributed by atoms with van der Waals surface area (Å²) in [6.07, 6.45) is 5.59. The first-order valence-corrected chi connectivity index (χ1v) is 31.5. The Bertz CT molecular complexity index is 5890. The van der Waals surface area contributed by atoms with Crippen molar-refractivity contribution in [2.24, 2.45) is 0 Å². The van der Waals surface area contributed by atoms with Crippen molar-refractivity contribution in [1.82, 2.24) is 38.3 Å². The van der Waals surface area contributed by atoms with Crippen LogP contribution in [0.2, 0.25) is 0 Å². The van der Waals surface area contributed by atoms with Crippen molar-refractivity contribution < 1.29 is 20.1 Å². The fourth-order valence-electron chi connectivity index (χ4n) is 14.8. The van der Waals surface area contributed by atoms with Gasteiger partial charge in [0.05, 0.1) is 33.5 Å². The first-order valence-electron chi connectivity index (χ1n) is 31.5. The van der Waals surface area contributed by atoms with Gasteiger partial charge in [0.15, 0.2) is 0 Å². The van der Waals surface area contributed by atoms with E-state index in [1.807, 2.05) is 42.9 Å². The van der Waals surface area contributed by atoms with Crippen LogP contribution < -0.4 is 0 Å². The van der Waals surface area contributed by atoms with Crippen LogP contribution in [0.1, 0.15) is 23.0 Å². The Morgan fingerprint density at radius 1 is 0.319 bits per heavy atom. The van der Waals surface area contributed by atoms with Crippen molar-refractivity contribution in [3.05, 3.63) is 302 Å². The van der Waals surface area contributed by atoms with Crippen molar-refractivity contribution in [3.63, 3.8) is 0 Å². The van der Waals surface area contributed by atoms with Crippen LogP contribution in [-0.2, 0) is 20.1 Å². The summed E-state index contributed by atoms with van der Waals surface area (Å²) in [5.74, 6) is 1.84. The van der Waals surface area contributed by atoms with E-state index in [1.54, 1.807) is 0 Å². The molecule has 0 saturated carbocycles. The molecule has 8 heterocycles. The van der Waals surface area contributed by atoms with Crippen LogP contribution in [0.5, 0.6) is 0 Å². The van der Waals surface area contributed by atoms with Crippen LogP contribution in [0.15, 0.2) is 261 Å². The number of pyridine rings is 5. The predicted octanol–water partition coefficient (Wildman–Crippen LogP) is 20.8. The quantitative estimate of drug-likeness (QED) is 0.106. The van der Waals surface area contributed by atoms with E-state index in [1.165, 1.54) is 10.8 Å². The Morgan fingerprint density at radius 2 is 0.798 bits per heavy atom. The maximum Gasteiger partial charge on any atom is 3.00 e. The van der Waals surface area contributed by atoms with Gasteiger partial charge in [-0.3, -0.25) is 0 Å². The van der Waals surface area contributed by atoms with E-state index in [2.05, 4.69) is 278 Å². The second-order valence-corrected chi connectivity index (χ2v) is 24.2. The average Bonchev–Trinajstić information content (AvgIpc) is 1.45. The topological polar surface area (TPSA) is 78.2 Å². The Labute approximate surface area is 556 Å². The Balaban J connectivity index is 0.00000672. The van der Waals surface area contributed by atoms with Gasteiger partial charge in [-0.05, 0) is 172 Å². The van der Waals surface area contributed by atoms with E-state index in [4.69, 9.17) is 24.9 Å². The number of aromatic nitrogens is 8. The van der Waals surface area contributed by atoms with Crippen molar-refractivity contribution in [1.29, 1.82) is 0 Å². The Hall–Kier alpha value is -11.5. The summed E-state index contributed by atoms with van der Waals surface area (Å²) in [5, 5.41) is 6.40. The molecule has 8 nitrogen and oxygen atoms in total. The molecule has 10 aromatic carbocycles. The summed E-state index contributed by atoms with van der Waals surface area (Å²) in [5.41, 5.74) is 28.1. The molecule has 444 valence electrons. The molecule has 18 aromatic rings. The first-order chi connectivity index (χ1) is 45.8. The molecule has 0 fully saturated rings. The number of imidazole rings is 2. The summed E-state index contributed by atoms with van der Waals surface area (Å²) in [6.45, 7) is 8.34. The van der Waals surface area contributed by atoms with Gasteiger partial charge in [-0.2, -0.15) is 0 Å². The van der Waals surface area contributed by atoms with E-state index in [0.29, 0.717) is 0 Å². The van der Waals surface area contributed by atoms with Crippen LogP contribution in [-0.4, -0.2) is 38.3 Å². The molecule has 0 aliphatic carbocycles. The number of fused-ring (bicyclic) bond motifs is 15. The molecular formula is C85H55IrN8. The molecule has 0 spiro atoms. The predicted molar refractivity (Wildman–Crippen MR) is 381 cm³/mol. The zero-order chi connectivity index (χ0) is 62.0. The Kier molecular flexibility index (Phi) is 13.5. The van der Waals surface area contributed by atoms with Crippen LogP contribution >= 0.6 is 0 Å². The van der Waals surface area contributed by atoms with Gasteiger partial charge in [0.25, 0.3) is 0 Å². The van der Waals surface area contributed by atoms with Gasteiger partial charge in [-0.1, -0.05) is 178 Å². The van der Waals surface area contributed by atoms with Crippen LogP contribution in [0, 0.1) is 45.9 Å². The molecule has 0 aliphatic rings. The second-order valence-electron chi connectivity index (χ2n) is 24.2. The SMILES string of the molecule is Cc1nc(C)n2c3cc(-c4ccccc4-c4cc(-c5ccccc5-c5c[c-]c6c7ncccc7c7c(C)nc(C)n7c6c5)cc(-c5ccccc5-c5c[c-]c(-c6ccccn6)cc5-c5ccc6c(c5)c5ccccc5n6-c5ccccc5)c4)c[c-]c3c3ncccc3c12.[Ir+3]. The van der Waals surface area contributed by atoms with E-state index >= 15 is 0 Å². The number of hydrogen-bond donors (Lipinski definition) is 0. The molecule has 8 aromatic heterocycles. The molecule has 94 heavy (non-hydrogen) atoms. The van der Waals surface area contributed by atoms with Gasteiger partial charge >= 0.3 is 20.1 Å². The summed E-state index contributed by atoms with van der Waals surface area (Å²) in [7, 11) is 0. The summed E-state index contributed by atoms with van der Waals surface area (Å²) < 4.78 is 6.94. The van der Waals surface area contributed by atoms with E-state index in [-0.39, 0.29) is 20.1 Å². The molecule has 0 bridgehead atoms. The number of nitrogens with zero attached hydrogens (tertiary/aromatic N) is 8. The zero-order valence-electron chi connectivity index (χ0n) is 51.7. The van der Waals surface area contributed by atoms with Gasteiger partial charge in [0.1, 0.15) is 11.6 Å². The van der Waals surface area contributed by atoms with Crippen LogP contribution in [0.25, 0.3) is 171 Å². The number of benzene rings is 10. The fourth-order valence-corrected chi connectivity index (χ4v) is 14.8. The van der Waals surface area contributed by atoms with E-state index < -0.39 is 0 Å². The molecule has 18 rings (SSSR count). The van der Waals surface area contributed by atoms with Crippen molar-refractivity contribution >= 4 is 76.5 Å². The molecular weight excluding hydrogens is 1330 g/mol. The minimum absolute atomic E-state index is 0. The summed E-state index contributed by atoms with van der Waals surface area (Å²) in [6, 6.07) is 98.9. The minimum Gasteiger partial charge on any atom is -0.339 e. The number of para-hydroxylation sites is 2. The second kappa shape index (κ2) is 22.4. The van der Waals surface area contributed by atoms with Gasteiger partial charge < -0.3 is 28.3 Å². The van der Waals surface area contributed by atoms with Gasteiger partial charge in [0.2, 0.25) is 0 Å². The molecule has 0 N–H and O–H groups in total. The number of hydrogen-bond acceptors (Lipinski definition) is 5. The molecule has 0 amide bonds. The minimum atomic E-state index is 0. The van der Waals surface area contributed by atoms with Crippen molar-refractivity contribution in [2.45, 2.75) is 27.7 Å². The molecule has 0 atom stereocenters. The van der Waals surface area contributed by atoms with E-state index in [0.717, 1.165) is 184 Å². The first kappa shape index (κ1) is 56.5. The number of rotatable bonds is 9. The van der Waals surface area contributed by atoms with Gasteiger partial charge in [-0.15, -0.1) is 70.9 Å². The summed E-state index contributed by atoms with van der Waals surface area (Å²) in [4.78, 5) is 24.8. The van der Waals surface area contributed by atoms with Gasteiger partial charge in [0, 0.05) is 35.1 Å². The van der Waals surface area contributed by atoms with Gasteiger partial charge in [-0.25, -0.2) is 9.97 Å². The zero-order valence-corrected chi connectivity index (χ0v) is 54.1. The van der Waals surface area contributed by atoms with Crippen molar-refractivity contribution in [3.8, 4) is 94.8 Å². The molecule has 0 radical (unpaired) electrons. The maximum atomic E-state index is 5.02. The molecule has 0 aliphatic heterocycles. The molecule has 0 unspecified atom stereocenters. The average molecular weight is 1380 g/mol. The monoisotopic (exact) mass is 1380 g/mol. The van der Waals surface area contributed by atoms with Crippen LogP contribution in [0.3, 0.4) is 0 Å². The maximum absolute atomic E-state index is 5.02. The summed E-state index contributed by atoms with van der Waals surface area (Å²) >= 11 is 0. The van der Waals surface area contributed by atoms with E-state index in [9.17, 15) is 0 Å². The van der Waals surface area contributed by atoms with Crippen molar-refractivity contribution in [2.75, 3.05) is 0 Å². The standard InChI is InChI=1S/C85H55N8.Ir/c1-51-84-73-29-18-42-87-82(73)71-38-33-56(49-80(71)91(84)53(3)89-51)63-22-8-10-24-65(63)59-44-60(66-25-11-9-23-64(66)57-34-39-72-81(50-57)92-54(4)90-52(2)85(92)74-30-19-43-88-83(72)74)46-61(45-59)67-26-12-13-27-68(67)69-37-35-58(77-31-16-17-41-86-77)48-75(69)55-36-40-79-76(47-55)70-28-14-15-32-78(70)93(79)62-20-6-5-7-21-62;/h5-34,36-37,40-50H,1-4H3;/q-3;+3.